The van der Waals surface area contributed by atoms with Crippen molar-refractivity contribution in [1.29, 1.82) is 0 Å². The largest absolute Gasteiger partial charge is 0.308 e. The molecule has 0 N–H and O–H groups in total. The van der Waals surface area contributed by atoms with E-state index < -0.39 is 0 Å². The summed E-state index contributed by atoms with van der Waals surface area (Å²) in [6, 6.07) is 0. The van der Waals surface area contributed by atoms with Gasteiger partial charge in [-0.05, 0) is 40.0 Å². The van der Waals surface area contributed by atoms with Gasteiger partial charge in [-0.25, -0.2) is 0 Å². The molecule has 14 heavy (non-hydrogen) atoms. The molecule has 0 unspecified atom stereocenters. The summed E-state index contributed by atoms with van der Waals surface area (Å²) >= 11 is 0. The highest BCUT2D eigenvalue weighted by Gasteiger charge is 2.03. The second-order valence-corrected chi connectivity index (χ2v) is 4.35. The van der Waals surface area contributed by atoms with Gasteiger partial charge in [-0.1, -0.05) is 26.7 Å². The van der Waals surface area contributed by atoms with Crippen LogP contribution in [0.5, 0.6) is 0 Å². The van der Waals surface area contributed by atoms with E-state index in [9.17, 15) is 0 Å². The second-order valence-electron chi connectivity index (χ2n) is 4.35. The molecule has 0 saturated heterocycles. The highest BCUT2D eigenvalue weighted by atomic mass is 15.2. The Morgan fingerprint density at radius 1 is 0.714 bits per heavy atom. The number of nitrogens with zero attached hydrogens (tertiary/aromatic N) is 2. The molecule has 0 amide bonds. The highest BCUT2D eigenvalue weighted by molar-refractivity contribution is 4.59. The number of unbranched alkanes of at least 4 members (excludes halogenated alkanes) is 2. The van der Waals surface area contributed by atoms with Crippen molar-refractivity contribution in [3.8, 4) is 0 Å². The van der Waals surface area contributed by atoms with Crippen molar-refractivity contribution in [1.82, 2.24) is 9.80 Å². The van der Waals surface area contributed by atoms with Crippen LogP contribution >= 0.6 is 0 Å². The van der Waals surface area contributed by atoms with Gasteiger partial charge < -0.3 is 9.80 Å². The topological polar surface area (TPSA) is 6.48 Å². The van der Waals surface area contributed by atoms with Gasteiger partial charge in [-0.15, -0.1) is 0 Å². The molecule has 0 heterocycles. The summed E-state index contributed by atoms with van der Waals surface area (Å²) in [5.74, 6) is 0. The third kappa shape index (κ3) is 8.52. The molecule has 0 rings (SSSR count). The fourth-order valence-corrected chi connectivity index (χ4v) is 1.44. The van der Waals surface area contributed by atoms with Crippen molar-refractivity contribution in [2.45, 2.75) is 39.5 Å². The van der Waals surface area contributed by atoms with Gasteiger partial charge in [0.2, 0.25) is 0 Å². The van der Waals surface area contributed by atoms with Gasteiger partial charge in [0.25, 0.3) is 0 Å². The Hall–Kier alpha value is -0.0800. The molecule has 0 radical (unpaired) electrons. The third-order valence-electron chi connectivity index (χ3n) is 2.52. The van der Waals surface area contributed by atoms with Crippen molar-refractivity contribution < 1.29 is 0 Å². The standard InChI is InChI=1S/C12H28N2/c1-5-7-9-14(10-8-6-2)12-11-13(3)4/h5-12H2,1-4H3. The predicted octanol–water partition coefficient (Wildman–Crippen LogP) is 2.45. The molecule has 86 valence electrons. The van der Waals surface area contributed by atoms with Crippen LogP contribution in [0.1, 0.15) is 39.5 Å². The first kappa shape index (κ1) is 13.9. The van der Waals surface area contributed by atoms with Crippen LogP contribution in [0.4, 0.5) is 0 Å². The molecular weight excluding hydrogens is 172 g/mol. The normalized spacial score (nSPS) is 11.6. The molecule has 0 aliphatic heterocycles. The summed E-state index contributed by atoms with van der Waals surface area (Å²) in [6.07, 6.45) is 5.31. The lowest BCUT2D eigenvalue weighted by molar-refractivity contribution is 0.235. The van der Waals surface area contributed by atoms with Crippen LogP contribution in [-0.2, 0) is 0 Å². The summed E-state index contributed by atoms with van der Waals surface area (Å²) < 4.78 is 0. The van der Waals surface area contributed by atoms with Crippen molar-refractivity contribution >= 4 is 0 Å². The van der Waals surface area contributed by atoms with E-state index in [1.165, 1.54) is 51.9 Å². The van der Waals surface area contributed by atoms with E-state index in [0.29, 0.717) is 0 Å². The second kappa shape index (κ2) is 9.47. The number of hydrogen-bond donors (Lipinski definition) is 0. The third-order valence-corrected chi connectivity index (χ3v) is 2.52. The van der Waals surface area contributed by atoms with Crippen LogP contribution in [0.25, 0.3) is 0 Å². The van der Waals surface area contributed by atoms with E-state index in [0.717, 1.165) is 0 Å². The minimum absolute atomic E-state index is 1.19. The van der Waals surface area contributed by atoms with E-state index in [2.05, 4.69) is 37.7 Å². The van der Waals surface area contributed by atoms with Gasteiger partial charge >= 0.3 is 0 Å². The summed E-state index contributed by atoms with van der Waals surface area (Å²) in [7, 11) is 4.30. The van der Waals surface area contributed by atoms with Gasteiger partial charge in [0.15, 0.2) is 0 Å². The first-order chi connectivity index (χ1) is 6.70. The minimum Gasteiger partial charge on any atom is -0.308 e. The Morgan fingerprint density at radius 2 is 1.21 bits per heavy atom. The lowest BCUT2D eigenvalue weighted by Gasteiger charge is -2.23. The lowest BCUT2D eigenvalue weighted by Crippen LogP contribution is -2.33. The Labute approximate surface area is 90.3 Å². The molecule has 0 aromatic heterocycles. The van der Waals surface area contributed by atoms with Crippen LogP contribution < -0.4 is 0 Å². The minimum atomic E-state index is 1.19. The Kier molecular flexibility index (Phi) is 9.42. The monoisotopic (exact) mass is 200 g/mol. The first-order valence-electron chi connectivity index (χ1n) is 6.07. The maximum Gasteiger partial charge on any atom is 0.0109 e. The zero-order valence-electron chi connectivity index (χ0n) is 10.6. The molecule has 0 bridgehead atoms. The summed E-state index contributed by atoms with van der Waals surface area (Å²) in [5, 5.41) is 0. The molecule has 0 aromatic carbocycles. The van der Waals surface area contributed by atoms with E-state index in [1.54, 1.807) is 0 Å². The van der Waals surface area contributed by atoms with Crippen LogP contribution in [-0.4, -0.2) is 50.1 Å². The number of likely N-dealkylation sites (N-methyl/N-ethyl adjacent to an activating group) is 1. The molecule has 2 heteroatoms. The van der Waals surface area contributed by atoms with Gasteiger partial charge in [0.1, 0.15) is 0 Å². The maximum atomic E-state index is 2.60. The Balaban J connectivity index is 3.60. The van der Waals surface area contributed by atoms with E-state index >= 15 is 0 Å². The summed E-state index contributed by atoms with van der Waals surface area (Å²) in [5.41, 5.74) is 0. The molecule has 2 nitrogen and oxygen atoms in total. The lowest BCUT2D eigenvalue weighted by atomic mass is 10.2. The maximum absolute atomic E-state index is 2.60. The SMILES string of the molecule is CCCCN(CCCC)CCN(C)C. The molecule has 0 fully saturated rings. The van der Waals surface area contributed by atoms with Crippen LogP contribution in [0, 0.1) is 0 Å². The fraction of sp³-hybridized carbons (Fsp3) is 1.00. The van der Waals surface area contributed by atoms with Crippen LogP contribution in [0.2, 0.25) is 0 Å². The predicted molar refractivity (Wildman–Crippen MR) is 64.8 cm³/mol. The zero-order valence-corrected chi connectivity index (χ0v) is 10.6. The average Bonchev–Trinajstić information content (AvgIpc) is 2.16. The Bertz CT molecular complexity index is 105. The molecule has 0 atom stereocenters. The first-order valence-corrected chi connectivity index (χ1v) is 6.07. The smallest absolute Gasteiger partial charge is 0.0109 e. The quantitative estimate of drug-likeness (QED) is 0.564. The molecule has 0 aliphatic rings. The Morgan fingerprint density at radius 3 is 1.57 bits per heavy atom. The van der Waals surface area contributed by atoms with Crippen LogP contribution in [0.15, 0.2) is 0 Å². The molecule has 0 spiro atoms. The van der Waals surface area contributed by atoms with Crippen molar-refractivity contribution in [2.75, 3.05) is 40.3 Å². The molecule has 0 aliphatic carbocycles. The van der Waals surface area contributed by atoms with Crippen LogP contribution in [0.3, 0.4) is 0 Å². The van der Waals surface area contributed by atoms with Crippen molar-refractivity contribution in [3.05, 3.63) is 0 Å². The van der Waals surface area contributed by atoms with Gasteiger partial charge in [0.05, 0.1) is 0 Å². The van der Waals surface area contributed by atoms with E-state index in [4.69, 9.17) is 0 Å². The highest BCUT2D eigenvalue weighted by Crippen LogP contribution is 1.98. The van der Waals surface area contributed by atoms with Crippen molar-refractivity contribution in [2.24, 2.45) is 0 Å². The average molecular weight is 200 g/mol. The summed E-state index contributed by atoms with van der Waals surface area (Å²) in [4.78, 5) is 4.87. The van der Waals surface area contributed by atoms with Gasteiger partial charge in [-0.2, -0.15) is 0 Å². The van der Waals surface area contributed by atoms with E-state index in [1.807, 2.05) is 0 Å². The van der Waals surface area contributed by atoms with Gasteiger partial charge in [-0.3, -0.25) is 0 Å². The fourth-order valence-electron chi connectivity index (χ4n) is 1.44. The molecule has 0 aromatic rings. The van der Waals surface area contributed by atoms with Crippen molar-refractivity contribution in [3.63, 3.8) is 0 Å². The van der Waals surface area contributed by atoms with E-state index in [-0.39, 0.29) is 0 Å². The number of rotatable bonds is 9. The molecule has 0 saturated carbocycles. The van der Waals surface area contributed by atoms with Gasteiger partial charge in [0, 0.05) is 13.1 Å². The summed E-state index contributed by atoms with van der Waals surface area (Å²) in [6.45, 7) is 9.52. The zero-order chi connectivity index (χ0) is 10.8. The molecular formula is C12H28N2. The number of hydrogen-bond acceptors (Lipinski definition) is 2.